The Bertz CT molecular complexity index is 6900. The molecule has 0 spiro atoms. The Morgan fingerprint density at radius 3 is 1.44 bits per heavy atom. The van der Waals surface area contributed by atoms with Crippen LogP contribution in [0.1, 0.15) is 57.9 Å². The van der Waals surface area contributed by atoms with Crippen LogP contribution < -0.4 is 0 Å². The second kappa shape index (κ2) is 21.2. The van der Waals surface area contributed by atoms with Gasteiger partial charge in [-0.05, 0) is 185 Å². The van der Waals surface area contributed by atoms with E-state index in [-0.39, 0.29) is 11.1 Å². The number of hydrogen-bond acceptors (Lipinski definition) is 1. The molecule has 0 atom stereocenters. The van der Waals surface area contributed by atoms with Crippen molar-refractivity contribution in [2.75, 3.05) is 0 Å². The van der Waals surface area contributed by atoms with E-state index in [9.17, 15) is 8.22 Å². The van der Waals surface area contributed by atoms with Gasteiger partial charge in [0.05, 0.1) is 35.6 Å². The molecule has 0 aliphatic carbocycles. The van der Waals surface area contributed by atoms with Crippen LogP contribution in [0.3, 0.4) is 0 Å². The first-order valence-corrected chi connectivity index (χ1v) is 27.4. The van der Waals surface area contributed by atoms with Crippen molar-refractivity contribution in [3.8, 4) is 44.5 Å². The molecule has 85 heavy (non-hydrogen) atoms. The van der Waals surface area contributed by atoms with Gasteiger partial charge in [-0.3, -0.25) is 0 Å². The van der Waals surface area contributed by atoms with E-state index in [2.05, 4.69) is 158 Å². The van der Waals surface area contributed by atoms with Gasteiger partial charge in [0.25, 0.3) is 0 Å². The van der Waals surface area contributed by atoms with Crippen molar-refractivity contribution in [2.45, 2.75) is 12.8 Å². The van der Waals surface area contributed by atoms with Crippen LogP contribution in [0.15, 0.2) is 319 Å². The van der Waals surface area contributed by atoms with Crippen LogP contribution >= 0.6 is 0 Å². The Morgan fingerprint density at radius 1 is 0.271 bits per heavy atom. The number of furan rings is 1. The molecule has 17 aromatic rings. The van der Waals surface area contributed by atoms with Crippen molar-refractivity contribution in [3.05, 3.63) is 337 Å². The third kappa shape index (κ3) is 9.06. The van der Waals surface area contributed by atoms with Crippen LogP contribution in [0.5, 0.6) is 0 Å². The molecule has 1 heterocycles. The summed E-state index contributed by atoms with van der Waals surface area (Å²) < 4.78 is 235. The fraction of sp³-hybridized carbons (Fsp3) is 0.0238. The molecule has 0 unspecified atom stereocenters. The molecule has 0 radical (unpaired) electrons. The summed E-state index contributed by atoms with van der Waals surface area (Å²) in [7, 11) is 0. The van der Waals surface area contributed by atoms with Crippen molar-refractivity contribution >= 4 is 97.3 Å². The number of rotatable bonds is 8. The van der Waals surface area contributed by atoms with Crippen molar-refractivity contribution in [1.29, 1.82) is 0 Å². The third-order valence-electron chi connectivity index (χ3n) is 15.6. The highest BCUT2D eigenvalue weighted by Gasteiger charge is 2.22. The van der Waals surface area contributed by atoms with Crippen molar-refractivity contribution < 1.29 is 40.1 Å². The van der Waals surface area contributed by atoms with Gasteiger partial charge in [-0.2, -0.15) is 0 Å². The van der Waals surface area contributed by atoms with Gasteiger partial charge in [0.1, 0.15) is 11.2 Å². The monoisotopic (exact) mass is 1110 g/mol. The minimum atomic E-state index is -0.910. The molecular formula is C84H56O. The maximum atomic E-state index is 9.48. The van der Waals surface area contributed by atoms with Crippen LogP contribution in [0.2, 0.25) is 0 Å². The molecule has 0 saturated carbocycles. The lowest BCUT2D eigenvalue weighted by atomic mass is 9.84. The summed E-state index contributed by atoms with van der Waals surface area (Å²) in [6, 6.07) is 36.1. The molecule has 398 valence electrons. The normalized spacial score (nSPS) is 15.9. The predicted molar refractivity (Wildman–Crippen MR) is 363 cm³/mol. The Hall–Kier alpha value is -10.9. The topological polar surface area (TPSA) is 13.1 Å². The molecule has 0 fully saturated rings. The molecule has 0 bridgehead atoms. The fourth-order valence-electron chi connectivity index (χ4n) is 11.8. The first-order valence-electron chi connectivity index (χ1n) is 40.4. The molecule has 0 aliphatic rings. The summed E-state index contributed by atoms with van der Waals surface area (Å²) in [5, 5.41) is 5.98. The predicted octanol–water partition coefficient (Wildman–Crippen LogP) is 23.2. The average Bonchev–Trinajstić information content (AvgIpc) is 1.07. The summed E-state index contributed by atoms with van der Waals surface area (Å²) in [6.45, 7) is 0. The SMILES string of the molecule is [2H]c1c([2H])c(Cc2c3c([2H])c([2H])c([2H])c([2H])c3c(Cc3c([2H])c([2H])c4c([2H])c([2H])c([2H])c([2H])c4c3[2H])c3c([2H])c([2H])c([2H])c([2H])c23)c([2H])c(-c2c([2H])c([2H])c3c([2H])c([2H])c([2H])c([2H])c3c2[2H])c1[2H].c1ccc(-c2cccc(-c3c4ccccc4c(-c4cccc5oc6cc7ccccc7cc6c45)c4ccccc34)c2)cc1. The van der Waals surface area contributed by atoms with Crippen LogP contribution in [0.25, 0.3) is 142 Å². The van der Waals surface area contributed by atoms with Gasteiger partial charge < -0.3 is 4.42 Å². The maximum absolute atomic E-state index is 9.48. The van der Waals surface area contributed by atoms with Gasteiger partial charge in [0, 0.05) is 10.8 Å². The van der Waals surface area contributed by atoms with E-state index in [4.69, 9.17) is 31.8 Å². The lowest BCUT2D eigenvalue weighted by Crippen LogP contribution is -1.98. The van der Waals surface area contributed by atoms with E-state index < -0.39 is 235 Å². The molecule has 1 aromatic heterocycles. The molecule has 17 rings (SSSR count). The van der Waals surface area contributed by atoms with Crippen LogP contribution in [0, 0.1) is 0 Å². The smallest absolute Gasteiger partial charge is 0.136 e. The Labute approximate surface area is 530 Å². The van der Waals surface area contributed by atoms with E-state index in [0.717, 1.165) is 21.9 Å². The zero-order valence-electron chi connectivity index (χ0n) is 70.8. The van der Waals surface area contributed by atoms with E-state index in [0.29, 0.717) is 0 Å². The Balaban J connectivity index is 0.000000185. The Morgan fingerprint density at radius 2 is 0.776 bits per heavy atom. The molecular weight excluding hydrogens is 1020 g/mol. The standard InChI is InChI=1S/C42H26O.C42H30/c1-2-12-27(13-3-1)28-16-10-17-31(24-28)40-32-18-6-8-20-34(32)41(35-21-9-7-19-33(35)40)36-22-11-23-38-42(36)37-25-29-14-4-5-15-30(29)26-39(37)43-38;1-3-13-33-25-30(20-21-31(33)11-1)27-42-39-18-7-5-16-37(39)41(38-17-6-8-19-40(38)42)26-29-10-9-15-34(24-29)36-23-22-32-12-2-4-14-35(32)28-36/h1-26H;1-25,28H,26-27H2/i;1D,2D,3D,4D,5D,6D,7D,8D,9D,10D,11D,12D,13D,14D,15D,16D,17D,18D,19D,20D,21D,22D,23D,24D,25D,28D. The van der Waals surface area contributed by atoms with Gasteiger partial charge in [-0.1, -0.05) is 285 Å². The van der Waals surface area contributed by atoms with Gasteiger partial charge in [-0.15, -0.1) is 0 Å². The first kappa shape index (κ1) is 29.9. The third-order valence-corrected chi connectivity index (χ3v) is 15.6. The summed E-state index contributed by atoms with van der Waals surface area (Å²) >= 11 is 0. The quantitative estimate of drug-likeness (QED) is 0.138. The van der Waals surface area contributed by atoms with Crippen molar-refractivity contribution in [3.63, 3.8) is 0 Å². The van der Waals surface area contributed by atoms with Crippen molar-refractivity contribution in [1.82, 2.24) is 0 Å². The van der Waals surface area contributed by atoms with Gasteiger partial charge >= 0.3 is 0 Å². The maximum Gasteiger partial charge on any atom is 0.136 e. The second-order valence-corrected chi connectivity index (χ2v) is 20.5. The molecule has 0 aliphatic heterocycles. The fourth-order valence-corrected chi connectivity index (χ4v) is 11.8. The highest BCUT2D eigenvalue weighted by atomic mass is 16.3. The van der Waals surface area contributed by atoms with Crippen LogP contribution in [0.4, 0.5) is 0 Å². The Kier molecular flexibility index (Phi) is 7.45. The molecule has 0 amide bonds. The zero-order chi connectivity index (χ0) is 78.8. The summed E-state index contributed by atoms with van der Waals surface area (Å²) in [4.78, 5) is 0. The second-order valence-electron chi connectivity index (χ2n) is 20.5. The molecule has 1 heteroatoms. The summed E-state index contributed by atoms with van der Waals surface area (Å²) in [5.74, 6) is 0. The van der Waals surface area contributed by atoms with Gasteiger partial charge in [0.15, 0.2) is 0 Å². The molecule has 0 saturated heterocycles. The summed E-state index contributed by atoms with van der Waals surface area (Å²) in [6.07, 6.45) is -1.65. The van der Waals surface area contributed by atoms with Crippen molar-refractivity contribution in [2.24, 2.45) is 0 Å². The zero-order valence-corrected chi connectivity index (χ0v) is 44.8. The minimum Gasteiger partial charge on any atom is -0.456 e. The summed E-state index contributed by atoms with van der Waals surface area (Å²) in [5.41, 5.74) is 6.21. The number of hydrogen-bond donors (Lipinski definition) is 0. The molecule has 16 aromatic carbocycles. The highest BCUT2D eigenvalue weighted by Crippen LogP contribution is 2.48. The minimum absolute atomic E-state index is 0.318. The lowest BCUT2D eigenvalue weighted by Gasteiger charge is -2.18. The average molecular weight is 1110 g/mol. The van der Waals surface area contributed by atoms with Crippen LogP contribution in [-0.2, 0) is 12.8 Å². The lowest BCUT2D eigenvalue weighted by molar-refractivity contribution is 0.669. The number of fused-ring (bicyclic) bond motifs is 10. The first-order chi connectivity index (χ1) is 53.0. The van der Waals surface area contributed by atoms with Gasteiger partial charge in [-0.25, -0.2) is 0 Å². The largest absolute Gasteiger partial charge is 0.456 e. The number of benzene rings is 16. The van der Waals surface area contributed by atoms with E-state index in [1.807, 2.05) is 0 Å². The van der Waals surface area contributed by atoms with E-state index >= 15 is 0 Å². The molecule has 0 N–H and O–H groups in total. The molecule has 1 nitrogen and oxygen atoms in total. The van der Waals surface area contributed by atoms with Crippen LogP contribution in [-0.4, -0.2) is 0 Å². The van der Waals surface area contributed by atoms with E-state index in [1.165, 1.54) is 65.7 Å². The van der Waals surface area contributed by atoms with Gasteiger partial charge in [0.2, 0.25) is 0 Å². The van der Waals surface area contributed by atoms with E-state index in [1.54, 1.807) is 0 Å². The highest BCUT2D eigenvalue weighted by molar-refractivity contribution is 6.26.